The van der Waals surface area contributed by atoms with E-state index in [0.29, 0.717) is 0 Å². The van der Waals surface area contributed by atoms with Gasteiger partial charge in [-0.15, -0.1) is 29.7 Å². The summed E-state index contributed by atoms with van der Waals surface area (Å²) < 4.78 is 2.45. The van der Waals surface area contributed by atoms with Crippen LogP contribution in [-0.2, 0) is 24.2 Å². The van der Waals surface area contributed by atoms with Crippen LogP contribution in [0.15, 0.2) is 72.8 Å². The first-order valence-electron chi connectivity index (χ1n) is 8.18. The molecule has 0 aliphatic heterocycles. The summed E-state index contributed by atoms with van der Waals surface area (Å²) in [5.41, 5.74) is 0. The van der Waals surface area contributed by atoms with Crippen molar-refractivity contribution in [1.29, 1.82) is 0 Å². The van der Waals surface area contributed by atoms with Crippen LogP contribution in [0.3, 0.4) is 0 Å². The van der Waals surface area contributed by atoms with Gasteiger partial charge in [-0.3, -0.25) is 0 Å². The molecule has 1 fully saturated rings. The van der Waals surface area contributed by atoms with Crippen LogP contribution in [0, 0.1) is 5.92 Å². The third kappa shape index (κ3) is 9.12. The Morgan fingerprint density at radius 1 is 0.833 bits per heavy atom. The van der Waals surface area contributed by atoms with E-state index in [0.717, 1.165) is 5.92 Å². The molecule has 0 radical (unpaired) electrons. The van der Waals surface area contributed by atoms with Crippen LogP contribution in [0.4, 0.5) is 0 Å². The quantitative estimate of drug-likeness (QED) is 0.465. The van der Waals surface area contributed by atoms with Gasteiger partial charge in [0.25, 0.3) is 0 Å². The summed E-state index contributed by atoms with van der Waals surface area (Å²) in [5, 5.41) is 2.66. The summed E-state index contributed by atoms with van der Waals surface area (Å²) in [6.07, 6.45) is 7.40. The number of hydrogen-bond donors (Lipinski definition) is 0. The Bertz CT molecular complexity index is 575. The van der Waals surface area contributed by atoms with Crippen molar-refractivity contribution >= 4 is 14.5 Å². The fraction of sp³-hybridized carbons (Fsp3) is 0.286. The van der Waals surface area contributed by atoms with E-state index in [-0.39, 0.29) is 24.8 Å². The first kappa shape index (κ1) is 23.5. The normalized spacial score (nSPS) is 13.2. The van der Waals surface area contributed by atoms with Crippen molar-refractivity contribution in [3.8, 4) is 0 Å². The van der Waals surface area contributed by atoms with Crippen LogP contribution in [0.25, 0.3) is 10.8 Å². The first-order chi connectivity index (χ1) is 10.9. The van der Waals surface area contributed by atoms with Gasteiger partial charge in [0.1, 0.15) is 0 Å². The minimum Gasteiger partial charge on any atom is -0.214 e. The van der Waals surface area contributed by atoms with Crippen LogP contribution in [0.1, 0.15) is 32.1 Å². The van der Waals surface area contributed by atoms with Gasteiger partial charge in [-0.1, -0.05) is 6.07 Å². The van der Waals surface area contributed by atoms with Crippen LogP contribution in [0.5, 0.6) is 0 Å². The van der Waals surface area contributed by atoms with Crippen molar-refractivity contribution in [3.63, 3.8) is 0 Å². The van der Waals surface area contributed by atoms with Gasteiger partial charge >= 0.3 is 66.0 Å². The second kappa shape index (κ2) is 14.8. The van der Waals surface area contributed by atoms with E-state index in [1.54, 1.807) is 24.2 Å². The molecule has 0 atom stereocenters. The maximum absolute atomic E-state index is 2.45. The molecule has 0 bridgehead atoms. The average Bonchev–Trinajstić information content (AvgIpc) is 3.30. The molecule has 1 aliphatic carbocycles. The Kier molecular flexibility index (Phi) is 14.5. The molecule has 0 N–H and O–H groups in total. The van der Waals surface area contributed by atoms with E-state index in [1.807, 2.05) is 30.3 Å². The molecule has 0 spiro atoms. The zero-order chi connectivity index (χ0) is 15.5. The van der Waals surface area contributed by atoms with Gasteiger partial charge in [-0.2, -0.15) is 35.7 Å². The molecule has 3 aromatic rings. The summed E-state index contributed by atoms with van der Waals surface area (Å²) in [4.78, 5) is 0. The van der Waals surface area contributed by atoms with E-state index in [4.69, 9.17) is 0 Å². The van der Waals surface area contributed by atoms with Crippen LogP contribution in [-0.4, -0.2) is 3.71 Å². The van der Waals surface area contributed by atoms with Crippen molar-refractivity contribution in [1.82, 2.24) is 0 Å². The van der Waals surface area contributed by atoms with Crippen LogP contribution >= 0.6 is 0 Å². The summed E-state index contributed by atoms with van der Waals surface area (Å²) in [7, 11) is 0. The predicted molar refractivity (Wildman–Crippen MR) is 94.2 cm³/mol. The standard InChI is InChI=1S/C9H7.C7H12.C5H5.2ClH.Zr/c1-2-5-9-7-3-6-8(9)4-1;1-7-5-3-2-4-6-7;1-2-4-5-3-1;;;/h1-7H;1,7H,2-6H2;1-5H;2*1H;/q-1;;-1;;;+2/p-2. The third-order valence-electron chi connectivity index (χ3n) is 3.99. The van der Waals surface area contributed by atoms with Gasteiger partial charge in [0, 0.05) is 0 Å². The van der Waals surface area contributed by atoms with E-state index >= 15 is 0 Å². The second-order valence-electron chi connectivity index (χ2n) is 5.68. The summed E-state index contributed by atoms with van der Waals surface area (Å²) >= 11 is 1.62. The summed E-state index contributed by atoms with van der Waals surface area (Å²) in [6.45, 7) is 0. The maximum Gasteiger partial charge on any atom is -0.0809 e. The second-order valence-corrected chi connectivity index (χ2v) is 6.50. The fourth-order valence-electron chi connectivity index (χ4n) is 2.69. The molecule has 3 aromatic carbocycles. The van der Waals surface area contributed by atoms with Gasteiger partial charge in [0.05, 0.1) is 0 Å². The Morgan fingerprint density at radius 3 is 2.00 bits per heavy atom. The molecule has 0 nitrogen and oxygen atoms in total. The molecular weight excluding hydrogens is 414 g/mol. The predicted octanol–water partition coefficient (Wildman–Crippen LogP) is -0.112. The van der Waals surface area contributed by atoms with Crippen LogP contribution < -0.4 is 24.8 Å². The molecule has 3 heteroatoms. The summed E-state index contributed by atoms with van der Waals surface area (Å²) in [5.74, 6) is 1.00. The molecule has 0 unspecified atom stereocenters. The fourth-order valence-corrected chi connectivity index (χ4v) is 3.51. The molecule has 1 aliphatic rings. The minimum absolute atomic E-state index is 0. The minimum atomic E-state index is 0. The molecule has 128 valence electrons. The number of halogens is 2. The number of rotatable bonds is 1. The van der Waals surface area contributed by atoms with Crippen molar-refractivity contribution in [3.05, 3.63) is 72.8 Å². The Balaban J connectivity index is 0.000000329. The molecular formula is C21H24Cl2Zr-2. The number of fused-ring (bicyclic) bond motifs is 1. The zero-order valence-corrected chi connectivity index (χ0v) is 17.8. The molecule has 0 heterocycles. The average molecular weight is 439 g/mol. The third-order valence-corrected chi connectivity index (χ3v) is 5.15. The van der Waals surface area contributed by atoms with E-state index < -0.39 is 0 Å². The van der Waals surface area contributed by atoms with Gasteiger partial charge in [0.15, 0.2) is 0 Å². The number of hydrogen-bond acceptors (Lipinski definition) is 0. The zero-order valence-electron chi connectivity index (χ0n) is 13.9. The Labute approximate surface area is 173 Å². The molecule has 0 saturated heterocycles. The summed E-state index contributed by atoms with van der Waals surface area (Å²) in [6, 6.07) is 24.7. The Hall–Kier alpha value is -0.487. The molecule has 4 rings (SSSR count). The van der Waals surface area contributed by atoms with E-state index in [9.17, 15) is 0 Å². The van der Waals surface area contributed by atoms with Crippen molar-refractivity contribution in [2.45, 2.75) is 32.1 Å². The van der Waals surface area contributed by atoms with Gasteiger partial charge in [0.2, 0.25) is 0 Å². The maximum atomic E-state index is 2.45. The van der Waals surface area contributed by atoms with Crippen LogP contribution in [0.2, 0.25) is 0 Å². The smallest absolute Gasteiger partial charge is 0.0809 e. The monoisotopic (exact) mass is 436 g/mol. The Morgan fingerprint density at radius 2 is 1.50 bits per heavy atom. The molecule has 0 aromatic heterocycles. The molecule has 1 saturated carbocycles. The topological polar surface area (TPSA) is 0 Å². The SMILES string of the molecule is [Cl-].[Cl-].[Zr+2]=[CH]C1CCCCC1.c1cc[cH-]c1.c1ccc2[cH-]ccc2c1. The van der Waals surface area contributed by atoms with E-state index in [2.05, 4.69) is 46.2 Å². The van der Waals surface area contributed by atoms with Gasteiger partial charge < -0.3 is 24.8 Å². The molecule has 24 heavy (non-hydrogen) atoms. The number of benzene rings is 1. The largest absolute Gasteiger partial charge is 0.214 e. The van der Waals surface area contributed by atoms with Crippen molar-refractivity contribution < 1.29 is 49.0 Å². The van der Waals surface area contributed by atoms with Crippen molar-refractivity contribution in [2.75, 3.05) is 0 Å². The van der Waals surface area contributed by atoms with Gasteiger partial charge in [-0.05, 0) is 0 Å². The van der Waals surface area contributed by atoms with Crippen molar-refractivity contribution in [2.24, 2.45) is 5.92 Å². The first-order valence-corrected chi connectivity index (χ1v) is 9.60. The van der Waals surface area contributed by atoms with Gasteiger partial charge in [-0.25, -0.2) is 12.1 Å². The van der Waals surface area contributed by atoms with E-state index in [1.165, 1.54) is 42.9 Å². The molecule has 0 amide bonds.